The van der Waals surface area contributed by atoms with Gasteiger partial charge in [-0.1, -0.05) is 24.6 Å². The van der Waals surface area contributed by atoms with E-state index in [1.807, 2.05) is 12.1 Å². The van der Waals surface area contributed by atoms with Crippen molar-refractivity contribution in [3.63, 3.8) is 0 Å². The first-order valence-corrected chi connectivity index (χ1v) is 9.61. The smallest absolute Gasteiger partial charge is 0.168 e. The standard InChI is InChI=1S/C20H27NO4/c1-22-18-8-4-3-7-16(18)17-11-15-12-19(21(17)25-15)13-23-20(24-14-19)9-5-2-6-10-20/h3-4,7-8,15,17H,2,5-6,9-14H2,1H3/t15?,17-/m0/s1. The lowest BCUT2D eigenvalue weighted by atomic mass is 9.83. The van der Waals surface area contributed by atoms with E-state index in [0.717, 1.165) is 31.4 Å². The molecule has 2 spiro atoms. The first-order chi connectivity index (χ1) is 12.2. The molecular weight excluding hydrogens is 318 g/mol. The van der Waals surface area contributed by atoms with E-state index in [4.69, 9.17) is 19.0 Å². The maximum Gasteiger partial charge on any atom is 0.168 e. The number of ether oxygens (including phenoxy) is 3. The number of fused-ring (bicyclic) bond motifs is 3. The molecule has 1 aromatic carbocycles. The molecule has 0 amide bonds. The van der Waals surface area contributed by atoms with Crippen LogP contribution in [0.3, 0.4) is 0 Å². The Hall–Kier alpha value is -1.14. The van der Waals surface area contributed by atoms with E-state index < -0.39 is 0 Å². The molecule has 3 atom stereocenters. The SMILES string of the molecule is COc1ccccc1[C@@H]1CC2CC3(COC4(CCCCC4)OC3)N1O2. The zero-order valence-corrected chi connectivity index (χ0v) is 14.9. The Morgan fingerprint density at radius 2 is 1.84 bits per heavy atom. The molecule has 1 aliphatic carbocycles. The van der Waals surface area contributed by atoms with Crippen LogP contribution in [0.15, 0.2) is 24.3 Å². The Morgan fingerprint density at radius 1 is 1.08 bits per heavy atom. The molecule has 5 rings (SSSR count). The third-order valence-electron chi connectivity index (χ3n) is 6.43. The van der Waals surface area contributed by atoms with Crippen LogP contribution in [0.5, 0.6) is 5.75 Å². The zero-order chi connectivity index (χ0) is 16.9. The van der Waals surface area contributed by atoms with Crippen molar-refractivity contribution in [2.24, 2.45) is 0 Å². The molecule has 0 radical (unpaired) electrons. The molecule has 5 heteroatoms. The average Bonchev–Trinajstić information content (AvgIpc) is 3.24. The number of hydroxylamine groups is 2. The van der Waals surface area contributed by atoms with Crippen LogP contribution < -0.4 is 4.74 Å². The molecule has 3 aliphatic heterocycles. The van der Waals surface area contributed by atoms with Crippen LogP contribution in [0.2, 0.25) is 0 Å². The van der Waals surface area contributed by atoms with Crippen LogP contribution >= 0.6 is 0 Å². The van der Waals surface area contributed by atoms with Crippen molar-refractivity contribution in [3.8, 4) is 5.75 Å². The summed E-state index contributed by atoms with van der Waals surface area (Å²) in [6.45, 7) is 1.41. The van der Waals surface area contributed by atoms with Gasteiger partial charge in [-0.15, -0.1) is 0 Å². The molecule has 2 bridgehead atoms. The van der Waals surface area contributed by atoms with Gasteiger partial charge in [-0.05, 0) is 25.3 Å². The van der Waals surface area contributed by atoms with Gasteiger partial charge in [0, 0.05) is 24.8 Å². The van der Waals surface area contributed by atoms with Gasteiger partial charge in [0.1, 0.15) is 5.75 Å². The van der Waals surface area contributed by atoms with Gasteiger partial charge in [-0.25, -0.2) is 0 Å². The first kappa shape index (κ1) is 16.1. The van der Waals surface area contributed by atoms with E-state index in [1.54, 1.807) is 7.11 Å². The number of rotatable bonds is 2. The van der Waals surface area contributed by atoms with Crippen LogP contribution in [-0.2, 0) is 14.3 Å². The Bertz CT molecular complexity index is 632. The van der Waals surface area contributed by atoms with Gasteiger partial charge in [-0.3, -0.25) is 4.84 Å². The van der Waals surface area contributed by atoms with Crippen molar-refractivity contribution in [3.05, 3.63) is 29.8 Å². The third kappa shape index (κ3) is 2.52. The minimum absolute atomic E-state index is 0.156. The molecule has 1 aromatic rings. The Balaban J connectivity index is 1.38. The van der Waals surface area contributed by atoms with Gasteiger partial charge in [0.25, 0.3) is 0 Å². The number of para-hydroxylation sites is 1. The molecule has 1 saturated carbocycles. The molecule has 4 aliphatic rings. The quantitative estimate of drug-likeness (QED) is 0.819. The molecule has 0 N–H and O–H groups in total. The van der Waals surface area contributed by atoms with Crippen molar-refractivity contribution in [1.82, 2.24) is 5.06 Å². The minimum Gasteiger partial charge on any atom is -0.496 e. The van der Waals surface area contributed by atoms with Crippen LogP contribution in [0, 0.1) is 0 Å². The molecule has 0 aromatic heterocycles. The minimum atomic E-state index is -0.327. The fourth-order valence-electron chi connectivity index (χ4n) is 5.13. The predicted octanol–water partition coefficient (Wildman–Crippen LogP) is 3.59. The Labute approximate surface area is 149 Å². The van der Waals surface area contributed by atoms with E-state index in [2.05, 4.69) is 17.2 Å². The highest BCUT2D eigenvalue weighted by Gasteiger charge is 2.60. The van der Waals surface area contributed by atoms with Crippen molar-refractivity contribution in [2.45, 2.75) is 68.4 Å². The van der Waals surface area contributed by atoms with Gasteiger partial charge < -0.3 is 14.2 Å². The van der Waals surface area contributed by atoms with Crippen LogP contribution in [-0.4, -0.2) is 42.8 Å². The molecule has 2 unspecified atom stereocenters. The summed E-state index contributed by atoms with van der Waals surface area (Å²) in [5.41, 5.74) is 1.04. The summed E-state index contributed by atoms with van der Waals surface area (Å²) in [4.78, 5) is 6.23. The highest BCUT2D eigenvalue weighted by atomic mass is 16.7. The summed E-state index contributed by atoms with van der Waals surface area (Å²) in [7, 11) is 1.73. The number of hydrogen-bond donors (Lipinski definition) is 0. The van der Waals surface area contributed by atoms with Gasteiger partial charge >= 0.3 is 0 Å². The monoisotopic (exact) mass is 345 g/mol. The number of methoxy groups -OCH3 is 1. The largest absolute Gasteiger partial charge is 0.496 e. The molecule has 136 valence electrons. The summed E-state index contributed by atoms with van der Waals surface area (Å²) in [6, 6.07) is 8.47. The molecule has 3 heterocycles. The van der Waals surface area contributed by atoms with Crippen molar-refractivity contribution in [2.75, 3.05) is 20.3 Å². The summed E-state index contributed by atoms with van der Waals surface area (Å²) >= 11 is 0. The lowest BCUT2D eigenvalue weighted by molar-refractivity contribution is -0.334. The van der Waals surface area contributed by atoms with Crippen molar-refractivity contribution >= 4 is 0 Å². The van der Waals surface area contributed by atoms with Crippen molar-refractivity contribution < 1.29 is 19.0 Å². The Kier molecular flexibility index (Phi) is 3.82. The second-order valence-corrected chi connectivity index (χ2v) is 8.02. The topological polar surface area (TPSA) is 40.2 Å². The summed E-state index contributed by atoms with van der Waals surface area (Å²) in [6.07, 6.45) is 8.03. The van der Waals surface area contributed by atoms with Gasteiger partial charge in [0.2, 0.25) is 0 Å². The zero-order valence-electron chi connectivity index (χ0n) is 14.9. The van der Waals surface area contributed by atoms with E-state index >= 15 is 0 Å². The summed E-state index contributed by atoms with van der Waals surface area (Å²) in [5.74, 6) is 0.604. The second kappa shape index (κ2) is 5.95. The van der Waals surface area contributed by atoms with Crippen molar-refractivity contribution in [1.29, 1.82) is 0 Å². The molecule has 4 fully saturated rings. The highest BCUT2D eigenvalue weighted by Crippen LogP contribution is 2.53. The first-order valence-electron chi connectivity index (χ1n) is 9.61. The van der Waals surface area contributed by atoms with Crippen LogP contribution in [0.4, 0.5) is 0 Å². The van der Waals surface area contributed by atoms with E-state index in [0.29, 0.717) is 13.2 Å². The average molecular weight is 345 g/mol. The lowest BCUT2D eigenvalue weighted by Crippen LogP contribution is -2.60. The lowest BCUT2D eigenvalue weighted by Gasteiger charge is -2.50. The third-order valence-corrected chi connectivity index (χ3v) is 6.43. The normalized spacial score (nSPS) is 35.3. The van der Waals surface area contributed by atoms with E-state index in [1.165, 1.54) is 24.8 Å². The fraction of sp³-hybridized carbons (Fsp3) is 0.700. The number of hydrogen-bond acceptors (Lipinski definition) is 5. The fourth-order valence-corrected chi connectivity index (χ4v) is 5.13. The van der Waals surface area contributed by atoms with E-state index in [-0.39, 0.29) is 23.5 Å². The summed E-state index contributed by atoms with van der Waals surface area (Å²) < 4.78 is 18.3. The number of benzene rings is 1. The van der Waals surface area contributed by atoms with Gasteiger partial charge in [0.05, 0.1) is 38.0 Å². The predicted molar refractivity (Wildman–Crippen MR) is 92.1 cm³/mol. The van der Waals surface area contributed by atoms with Gasteiger partial charge in [-0.2, -0.15) is 5.06 Å². The number of nitrogens with zero attached hydrogens (tertiary/aromatic N) is 1. The highest BCUT2D eigenvalue weighted by molar-refractivity contribution is 5.37. The molecular formula is C20H27NO4. The molecule has 3 saturated heterocycles. The molecule has 5 nitrogen and oxygen atoms in total. The summed E-state index contributed by atoms with van der Waals surface area (Å²) in [5, 5.41) is 2.17. The molecule has 25 heavy (non-hydrogen) atoms. The van der Waals surface area contributed by atoms with Gasteiger partial charge in [0.15, 0.2) is 5.79 Å². The Morgan fingerprint density at radius 3 is 2.56 bits per heavy atom. The van der Waals surface area contributed by atoms with Crippen LogP contribution in [0.1, 0.15) is 56.6 Å². The van der Waals surface area contributed by atoms with E-state index in [9.17, 15) is 0 Å². The van der Waals surface area contributed by atoms with Crippen LogP contribution in [0.25, 0.3) is 0 Å². The maximum atomic E-state index is 6.36. The number of piperidine rings is 1. The second-order valence-electron chi connectivity index (χ2n) is 8.02. The maximum absolute atomic E-state index is 6.36.